The van der Waals surface area contributed by atoms with Crippen LogP contribution < -0.4 is 5.73 Å². The van der Waals surface area contributed by atoms with E-state index in [0.717, 1.165) is 6.42 Å². The summed E-state index contributed by atoms with van der Waals surface area (Å²) in [5.41, 5.74) is 5.37. The van der Waals surface area contributed by atoms with E-state index in [1.807, 2.05) is 13.0 Å². The van der Waals surface area contributed by atoms with Crippen molar-refractivity contribution in [1.29, 1.82) is 0 Å². The number of amides is 1. The van der Waals surface area contributed by atoms with E-state index in [-0.39, 0.29) is 17.0 Å². The first kappa shape index (κ1) is 18.4. The fourth-order valence-electron chi connectivity index (χ4n) is 1.62. The van der Waals surface area contributed by atoms with Gasteiger partial charge in [-0.2, -0.15) is 0 Å². The highest BCUT2D eigenvalue weighted by molar-refractivity contribution is 6.74. The van der Waals surface area contributed by atoms with Crippen LogP contribution in [0, 0.1) is 5.92 Å². The summed E-state index contributed by atoms with van der Waals surface area (Å²) in [5.74, 6) is 0.0221. The number of rotatable bonds is 7. The van der Waals surface area contributed by atoms with Gasteiger partial charge in [-0.15, -0.1) is 0 Å². The molecule has 0 aliphatic carbocycles. The third kappa shape index (κ3) is 6.39. The topological polar surface area (TPSA) is 52.3 Å². The van der Waals surface area contributed by atoms with Crippen LogP contribution in [0.3, 0.4) is 0 Å². The molecule has 0 rings (SSSR count). The zero-order valence-electron chi connectivity index (χ0n) is 13.6. The SMILES string of the molecule is C/C=C/C[C@@H](C)[C@H](CC(N)=O)O[Si](C)(C)C(C)(C)C. The minimum absolute atomic E-state index is 0.0745. The minimum atomic E-state index is -1.87. The number of hydrogen-bond acceptors (Lipinski definition) is 2. The average molecular weight is 286 g/mol. The molecule has 0 bridgehead atoms. The maximum atomic E-state index is 11.3. The Labute approximate surface area is 119 Å². The van der Waals surface area contributed by atoms with E-state index in [2.05, 4.69) is 46.9 Å². The molecule has 2 atom stereocenters. The first-order valence-electron chi connectivity index (χ1n) is 7.08. The Kier molecular flexibility index (Phi) is 7.01. The Balaban J connectivity index is 4.91. The molecule has 3 nitrogen and oxygen atoms in total. The highest BCUT2D eigenvalue weighted by atomic mass is 28.4. The van der Waals surface area contributed by atoms with E-state index >= 15 is 0 Å². The number of carbonyl (C=O) groups excluding carboxylic acids is 1. The van der Waals surface area contributed by atoms with Crippen molar-refractivity contribution >= 4 is 14.2 Å². The second kappa shape index (κ2) is 7.24. The molecule has 0 fully saturated rings. The second-order valence-electron chi connectivity index (χ2n) is 6.87. The minimum Gasteiger partial charge on any atom is -0.413 e. The summed E-state index contributed by atoms with van der Waals surface area (Å²) < 4.78 is 6.38. The molecule has 0 saturated carbocycles. The van der Waals surface area contributed by atoms with Crippen LogP contribution in [0.25, 0.3) is 0 Å². The molecule has 1 amide bonds. The van der Waals surface area contributed by atoms with Gasteiger partial charge < -0.3 is 10.2 Å². The molecule has 4 heteroatoms. The van der Waals surface area contributed by atoms with Crippen molar-refractivity contribution in [1.82, 2.24) is 0 Å². The van der Waals surface area contributed by atoms with Crippen LogP contribution in [0.4, 0.5) is 0 Å². The van der Waals surface area contributed by atoms with Crippen molar-refractivity contribution in [3.8, 4) is 0 Å². The predicted octanol–water partition coefficient (Wildman–Crippen LogP) is 3.85. The van der Waals surface area contributed by atoms with E-state index in [4.69, 9.17) is 10.2 Å². The first-order valence-corrected chi connectivity index (χ1v) is 9.99. The molecular weight excluding hydrogens is 254 g/mol. The summed E-state index contributed by atoms with van der Waals surface area (Å²) in [6.07, 6.45) is 5.31. The highest BCUT2D eigenvalue weighted by Gasteiger charge is 2.40. The number of carbonyl (C=O) groups is 1. The standard InChI is InChI=1S/C15H31NO2Si/c1-8-9-10-12(2)13(11-14(16)17)18-19(6,7)15(3,4)5/h8-9,12-13H,10-11H2,1-7H3,(H2,16,17)/b9-8+/t12-,13+/m1/s1. The molecule has 0 aromatic carbocycles. The van der Waals surface area contributed by atoms with Gasteiger partial charge in [-0.25, -0.2) is 0 Å². The summed E-state index contributed by atoms with van der Waals surface area (Å²) in [6, 6.07) is 0. The van der Waals surface area contributed by atoms with Gasteiger partial charge in [0.25, 0.3) is 0 Å². The van der Waals surface area contributed by atoms with Crippen LogP contribution in [0.15, 0.2) is 12.2 Å². The lowest BCUT2D eigenvalue weighted by Gasteiger charge is -2.40. The van der Waals surface area contributed by atoms with Crippen molar-refractivity contribution in [3.63, 3.8) is 0 Å². The van der Waals surface area contributed by atoms with Gasteiger partial charge in [-0.1, -0.05) is 39.8 Å². The van der Waals surface area contributed by atoms with Crippen LogP contribution in [-0.2, 0) is 9.22 Å². The average Bonchev–Trinajstić information content (AvgIpc) is 2.22. The van der Waals surface area contributed by atoms with E-state index in [0.29, 0.717) is 12.3 Å². The van der Waals surface area contributed by atoms with Gasteiger partial charge in [-0.3, -0.25) is 4.79 Å². The van der Waals surface area contributed by atoms with Crippen LogP contribution in [0.5, 0.6) is 0 Å². The molecule has 0 spiro atoms. The smallest absolute Gasteiger partial charge is 0.219 e. The van der Waals surface area contributed by atoms with E-state index in [1.165, 1.54) is 0 Å². The molecule has 0 aliphatic rings. The van der Waals surface area contributed by atoms with E-state index in [9.17, 15) is 4.79 Å². The van der Waals surface area contributed by atoms with Crippen LogP contribution >= 0.6 is 0 Å². The lowest BCUT2D eigenvalue weighted by atomic mass is 9.98. The summed E-state index contributed by atoms with van der Waals surface area (Å²) in [6.45, 7) is 15.2. The summed E-state index contributed by atoms with van der Waals surface area (Å²) in [5, 5.41) is 0.142. The van der Waals surface area contributed by atoms with Gasteiger partial charge in [0, 0.05) is 0 Å². The highest BCUT2D eigenvalue weighted by Crippen LogP contribution is 2.38. The monoisotopic (exact) mass is 285 g/mol. The largest absolute Gasteiger partial charge is 0.413 e. The molecule has 19 heavy (non-hydrogen) atoms. The molecule has 0 heterocycles. The van der Waals surface area contributed by atoms with Gasteiger partial charge in [0.05, 0.1) is 12.5 Å². The number of nitrogens with two attached hydrogens (primary N) is 1. The van der Waals surface area contributed by atoms with E-state index in [1.54, 1.807) is 0 Å². The zero-order valence-corrected chi connectivity index (χ0v) is 14.6. The van der Waals surface area contributed by atoms with E-state index < -0.39 is 8.32 Å². The van der Waals surface area contributed by atoms with Crippen molar-refractivity contribution in [2.75, 3.05) is 0 Å². The Bertz CT molecular complexity index is 319. The summed E-state index contributed by atoms with van der Waals surface area (Å²) >= 11 is 0. The molecule has 0 saturated heterocycles. The molecule has 0 unspecified atom stereocenters. The fourth-order valence-corrected chi connectivity index (χ4v) is 3.04. The van der Waals surface area contributed by atoms with Crippen molar-refractivity contribution < 1.29 is 9.22 Å². The van der Waals surface area contributed by atoms with Crippen LogP contribution in [-0.4, -0.2) is 20.3 Å². The number of hydrogen-bond donors (Lipinski definition) is 1. The molecule has 2 N–H and O–H groups in total. The molecular formula is C15H31NO2Si. The first-order chi connectivity index (χ1) is 8.51. The Morgan fingerprint density at radius 1 is 1.37 bits per heavy atom. The summed E-state index contributed by atoms with van der Waals surface area (Å²) in [7, 11) is -1.87. The van der Waals surface area contributed by atoms with Crippen LogP contribution in [0.2, 0.25) is 18.1 Å². The molecule has 0 aromatic heterocycles. The third-order valence-corrected chi connectivity index (χ3v) is 8.54. The van der Waals surface area contributed by atoms with Crippen LogP contribution in [0.1, 0.15) is 47.5 Å². The quantitative estimate of drug-likeness (QED) is 0.570. The van der Waals surface area contributed by atoms with Gasteiger partial charge >= 0.3 is 0 Å². The lowest BCUT2D eigenvalue weighted by Crippen LogP contribution is -2.46. The van der Waals surface area contributed by atoms with Gasteiger partial charge in [0.2, 0.25) is 5.91 Å². The maximum absolute atomic E-state index is 11.3. The molecule has 112 valence electrons. The normalized spacial score (nSPS) is 16.6. The third-order valence-electron chi connectivity index (χ3n) is 4.03. The molecule has 0 aromatic rings. The fraction of sp³-hybridized carbons (Fsp3) is 0.800. The Morgan fingerprint density at radius 2 is 1.89 bits per heavy atom. The maximum Gasteiger partial charge on any atom is 0.219 e. The number of primary amides is 1. The van der Waals surface area contributed by atoms with Crippen molar-refractivity contribution in [3.05, 3.63) is 12.2 Å². The van der Waals surface area contributed by atoms with Crippen molar-refractivity contribution in [2.24, 2.45) is 11.7 Å². The Morgan fingerprint density at radius 3 is 2.26 bits per heavy atom. The predicted molar refractivity (Wildman–Crippen MR) is 84.5 cm³/mol. The van der Waals surface area contributed by atoms with Gasteiger partial charge in [-0.05, 0) is 37.4 Å². The second-order valence-corrected chi connectivity index (χ2v) is 11.6. The summed E-state index contributed by atoms with van der Waals surface area (Å²) in [4.78, 5) is 11.3. The number of allylic oxidation sites excluding steroid dienone is 2. The lowest BCUT2D eigenvalue weighted by molar-refractivity contribution is -0.120. The molecule has 0 radical (unpaired) electrons. The molecule has 0 aliphatic heterocycles. The van der Waals surface area contributed by atoms with Gasteiger partial charge in [0.15, 0.2) is 8.32 Å². The van der Waals surface area contributed by atoms with Gasteiger partial charge in [0.1, 0.15) is 0 Å². The zero-order chi connectivity index (χ0) is 15.3. The Hall–Kier alpha value is -0.613. The van der Waals surface area contributed by atoms with Crippen molar-refractivity contribution in [2.45, 2.75) is 71.7 Å².